The van der Waals surface area contributed by atoms with Crippen molar-refractivity contribution >= 4 is 11.9 Å². The van der Waals surface area contributed by atoms with Crippen LogP contribution in [-0.2, 0) is 11.2 Å². The maximum Gasteiger partial charge on any atom is 0.339 e. The van der Waals surface area contributed by atoms with Crippen LogP contribution in [0, 0.1) is 6.92 Å². The van der Waals surface area contributed by atoms with Gasteiger partial charge in [0, 0.05) is 25.0 Å². The Morgan fingerprint density at radius 3 is 2.57 bits per heavy atom. The van der Waals surface area contributed by atoms with Crippen LogP contribution < -0.4 is 9.47 Å². The third-order valence-electron chi connectivity index (χ3n) is 3.96. The highest BCUT2D eigenvalue weighted by Gasteiger charge is 2.15. The molecule has 28 heavy (non-hydrogen) atoms. The zero-order valence-corrected chi connectivity index (χ0v) is 15.5. The van der Waals surface area contributed by atoms with Crippen LogP contribution in [0.25, 0.3) is 11.5 Å². The first-order chi connectivity index (χ1) is 13.4. The summed E-state index contributed by atoms with van der Waals surface area (Å²) in [4.78, 5) is 26.9. The highest BCUT2D eigenvalue weighted by molar-refractivity contribution is 5.92. The van der Waals surface area contributed by atoms with Crippen LogP contribution in [0.5, 0.6) is 11.5 Å². The lowest BCUT2D eigenvalue weighted by Crippen LogP contribution is -2.08. The highest BCUT2D eigenvalue weighted by Crippen LogP contribution is 2.26. The quantitative estimate of drug-likeness (QED) is 0.489. The van der Waals surface area contributed by atoms with Crippen molar-refractivity contribution in [2.24, 2.45) is 0 Å². The van der Waals surface area contributed by atoms with E-state index in [1.165, 1.54) is 25.1 Å². The van der Waals surface area contributed by atoms with Gasteiger partial charge in [0.1, 0.15) is 22.8 Å². The Bertz CT molecular complexity index is 993. The van der Waals surface area contributed by atoms with E-state index in [9.17, 15) is 14.7 Å². The molecular weight excluding hydrogens is 362 g/mol. The largest absolute Gasteiger partial charge is 0.493 e. The van der Waals surface area contributed by atoms with Crippen LogP contribution in [0.4, 0.5) is 0 Å². The fourth-order valence-corrected chi connectivity index (χ4v) is 2.64. The number of aromatic carboxylic acids is 1. The Hall–Kier alpha value is -3.61. The number of nitrogens with zero attached hydrogens (tertiary/aromatic N) is 1. The van der Waals surface area contributed by atoms with Crippen molar-refractivity contribution in [3.8, 4) is 23.0 Å². The predicted molar refractivity (Wildman–Crippen MR) is 101 cm³/mol. The monoisotopic (exact) mass is 381 g/mol. The third kappa shape index (κ3) is 4.56. The van der Waals surface area contributed by atoms with Crippen molar-refractivity contribution in [3.05, 3.63) is 65.5 Å². The summed E-state index contributed by atoms with van der Waals surface area (Å²) >= 11 is 0. The van der Waals surface area contributed by atoms with Crippen molar-refractivity contribution < 1.29 is 28.6 Å². The molecule has 7 heteroatoms. The van der Waals surface area contributed by atoms with E-state index >= 15 is 0 Å². The van der Waals surface area contributed by atoms with E-state index < -0.39 is 11.9 Å². The number of hydrogen-bond donors (Lipinski definition) is 1. The molecule has 0 radical (unpaired) electrons. The van der Waals surface area contributed by atoms with Gasteiger partial charge in [-0.1, -0.05) is 18.2 Å². The van der Waals surface area contributed by atoms with E-state index in [4.69, 9.17) is 13.9 Å². The highest BCUT2D eigenvalue weighted by atomic mass is 16.5. The number of oxazole rings is 1. The minimum atomic E-state index is -1.19. The molecule has 0 fully saturated rings. The number of aryl methyl sites for hydroxylation is 1. The van der Waals surface area contributed by atoms with Crippen LogP contribution in [-0.4, -0.2) is 28.6 Å². The Labute approximate surface area is 161 Å². The number of carbonyl (C=O) groups excluding carboxylic acids is 1. The first-order valence-electron chi connectivity index (χ1n) is 8.64. The lowest BCUT2D eigenvalue weighted by atomic mass is 10.2. The van der Waals surface area contributed by atoms with Crippen LogP contribution in [0.15, 0.2) is 52.9 Å². The van der Waals surface area contributed by atoms with Gasteiger partial charge < -0.3 is 19.0 Å². The molecule has 0 atom stereocenters. The van der Waals surface area contributed by atoms with Crippen LogP contribution >= 0.6 is 0 Å². The van der Waals surface area contributed by atoms with Gasteiger partial charge in [0.15, 0.2) is 0 Å². The Morgan fingerprint density at radius 2 is 1.89 bits per heavy atom. The predicted octanol–water partition coefficient (Wildman–Crippen LogP) is 3.90. The van der Waals surface area contributed by atoms with Gasteiger partial charge in [-0.15, -0.1) is 0 Å². The van der Waals surface area contributed by atoms with Gasteiger partial charge in [-0.05, 0) is 31.2 Å². The summed E-state index contributed by atoms with van der Waals surface area (Å²) in [5.74, 6) is -0.187. The summed E-state index contributed by atoms with van der Waals surface area (Å²) in [6, 6.07) is 13.8. The molecule has 3 aromatic rings. The number of rotatable bonds is 7. The molecule has 0 aliphatic heterocycles. The molecule has 3 rings (SSSR count). The SMILES string of the molecule is CC(=O)Oc1cc(OCCc2nc(-c3ccccc3)oc2C)ccc1C(=O)O. The van der Waals surface area contributed by atoms with E-state index in [1.54, 1.807) is 0 Å². The van der Waals surface area contributed by atoms with E-state index in [-0.39, 0.29) is 11.3 Å². The van der Waals surface area contributed by atoms with Gasteiger partial charge in [0.05, 0.1) is 12.3 Å². The molecule has 2 aromatic carbocycles. The lowest BCUT2D eigenvalue weighted by molar-refractivity contribution is -0.131. The summed E-state index contributed by atoms with van der Waals surface area (Å²) in [7, 11) is 0. The summed E-state index contributed by atoms with van der Waals surface area (Å²) in [5.41, 5.74) is 1.57. The van der Waals surface area contributed by atoms with E-state index in [0.29, 0.717) is 30.4 Å². The Kier molecular flexibility index (Phi) is 5.74. The first-order valence-corrected chi connectivity index (χ1v) is 8.64. The fourth-order valence-electron chi connectivity index (χ4n) is 2.64. The average Bonchev–Trinajstić information content (AvgIpc) is 3.03. The van der Waals surface area contributed by atoms with Gasteiger partial charge in [0.2, 0.25) is 5.89 Å². The minimum absolute atomic E-state index is 0.0542. The van der Waals surface area contributed by atoms with Crippen LogP contribution in [0.1, 0.15) is 28.7 Å². The standard InChI is InChI=1S/C21H19NO6/c1-13-18(22-20(27-13)15-6-4-3-5-7-15)10-11-26-16-8-9-17(21(24)25)19(12-16)28-14(2)23/h3-9,12H,10-11H2,1-2H3,(H,24,25). The molecule has 0 unspecified atom stereocenters. The molecule has 0 spiro atoms. The number of benzene rings is 2. The molecule has 0 saturated carbocycles. The van der Waals surface area contributed by atoms with Crippen molar-refractivity contribution in [1.82, 2.24) is 4.98 Å². The maximum atomic E-state index is 11.2. The van der Waals surface area contributed by atoms with Gasteiger partial charge in [-0.25, -0.2) is 9.78 Å². The number of carbonyl (C=O) groups is 2. The number of hydrogen-bond acceptors (Lipinski definition) is 6. The maximum absolute atomic E-state index is 11.2. The molecule has 1 aromatic heterocycles. The molecule has 1 N–H and O–H groups in total. The molecule has 1 heterocycles. The fraction of sp³-hybridized carbons (Fsp3) is 0.190. The Balaban J connectivity index is 1.67. The van der Waals surface area contributed by atoms with Crippen molar-refractivity contribution in [3.63, 3.8) is 0 Å². The number of esters is 1. The van der Waals surface area contributed by atoms with Crippen molar-refractivity contribution in [2.75, 3.05) is 6.61 Å². The molecule has 0 aliphatic rings. The second-order valence-electron chi connectivity index (χ2n) is 6.04. The van der Waals surface area contributed by atoms with Crippen LogP contribution in [0.2, 0.25) is 0 Å². The van der Waals surface area contributed by atoms with Gasteiger partial charge >= 0.3 is 11.9 Å². The number of ether oxygens (including phenoxy) is 2. The second kappa shape index (κ2) is 8.39. The second-order valence-corrected chi connectivity index (χ2v) is 6.04. The lowest BCUT2D eigenvalue weighted by Gasteiger charge is -2.10. The molecule has 7 nitrogen and oxygen atoms in total. The summed E-state index contributed by atoms with van der Waals surface area (Å²) < 4.78 is 16.3. The van der Waals surface area contributed by atoms with Crippen LogP contribution in [0.3, 0.4) is 0 Å². The molecule has 0 amide bonds. The molecular formula is C21H19NO6. The van der Waals surface area contributed by atoms with E-state index in [1.807, 2.05) is 37.3 Å². The number of carboxylic acid groups (broad SMARTS) is 1. The molecule has 0 bridgehead atoms. The zero-order chi connectivity index (χ0) is 20.1. The van der Waals surface area contributed by atoms with Gasteiger partial charge in [0.25, 0.3) is 0 Å². The van der Waals surface area contributed by atoms with Crippen molar-refractivity contribution in [2.45, 2.75) is 20.3 Å². The summed E-state index contributed by atoms with van der Waals surface area (Å²) in [5, 5.41) is 9.17. The molecule has 144 valence electrons. The molecule has 0 saturated heterocycles. The minimum Gasteiger partial charge on any atom is -0.493 e. The van der Waals surface area contributed by atoms with E-state index in [0.717, 1.165) is 11.3 Å². The Morgan fingerprint density at radius 1 is 1.14 bits per heavy atom. The topological polar surface area (TPSA) is 98.9 Å². The first kappa shape index (κ1) is 19.2. The zero-order valence-electron chi connectivity index (χ0n) is 15.5. The normalized spacial score (nSPS) is 10.5. The summed E-state index contributed by atoms with van der Waals surface area (Å²) in [6.07, 6.45) is 0.506. The van der Waals surface area contributed by atoms with Gasteiger partial charge in [-0.3, -0.25) is 4.79 Å². The van der Waals surface area contributed by atoms with Gasteiger partial charge in [-0.2, -0.15) is 0 Å². The average molecular weight is 381 g/mol. The van der Waals surface area contributed by atoms with Crippen molar-refractivity contribution in [1.29, 1.82) is 0 Å². The molecule has 0 aliphatic carbocycles. The number of carboxylic acids is 1. The third-order valence-corrected chi connectivity index (χ3v) is 3.96. The number of aromatic nitrogens is 1. The smallest absolute Gasteiger partial charge is 0.339 e. The summed E-state index contributed by atoms with van der Waals surface area (Å²) in [6.45, 7) is 3.35. The van der Waals surface area contributed by atoms with E-state index in [2.05, 4.69) is 4.98 Å².